The summed E-state index contributed by atoms with van der Waals surface area (Å²) < 4.78 is 15.7. The minimum absolute atomic E-state index is 0.0476. The monoisotopic (exact) mass is 369 g/mol. The van der Waals surface area contributed by atoms with E-state index in [1.54, 1.807) is 14.2 Å². The average Bonchev–Trinajstić information content (AvgIpc) is 3.29. The molecule has 1 aromatic carbocycles. The lowest BCUT2D eigenvalue weighted by Gasteiger charge is -2.17. The summed E-state index contributed by atoms with van der Waals surface area (Å²) in [7, 11) is 3.19. The standard InChI is InChI=1S/C18H19N5O4/c1-25-9-14-21-18(27-23-14)16-20-12-7-10(8-19-17(24)15(12)22-16)11-5-3-4-6-13(11)26-2/h3-6,10H,7-9H2,1-2H3,(H,19,24)(H,20,22). The number of fused-ring (bicyclic) bond motifs is 1. The highest BCUT2D eigenvalue weighted by Gasteiger charge is 2.29. The molecule has 1 aliphatic rings. The minimum Gasteiger partial charge on any atom is -0.496 e. The van der Waals surface area contributed by atoms with Gasteiger partial charge in [0, 0.05) is 25.3 Å². The first kappa shape index (κ1) is 17.2. The van der Waals surface area contributed by atoms with Crippen LogP contribution in [0.5, 0.6) is 5.75 Å². The first-order valence-electron chi connectivity index (χ1n) is 8.51. The highest BCUT2D eigenvalue weighted by atomic mass is 16.5. The molecular weight excluding hydrogens is 350 g/mol. The SMILES string of the molecule is COCc1noc(-c2nc3c([nH]2)CC(c2ccccc2OC)CNC3=O)n1. The molecule has 1 aliphatic heterocycles. The van der Waals surface area contributed by atoms with Gasteiger partial charge in [0.25, 0.3) is 11.8 Å². The molecule has 4 rings (SSSR count). The van der Waals surface area contributed by atoms with Crippen LogP contribution in [-0.2, 0) is 17.8 Å². The number of methoxy groups -OCH3 is 2. The highest BCUT2D eigenvalue weighted by molar-refractivity contribution is 5.94. The molecule has 0 radical (unpaired) electrons. The van der Waals surface area contributed by atoms with E-state index in [0.29, 0.717) is 30.3 Å². The van der Waals surface area contributed by atoms with Crippen LogP contribution in [0.3, 0.4) is 0 Å². The van der Waals surface area contributed by atoms with E-state index in [1.165, 1.54) is 0 Å². The molecule has 9 nitrogen and oxygen atoms in total. The second-order valence-corrected chi connectivity index (χ2v) is 6.21. The van der Waals surface area contributed by atoms with Crippen molar-refractivity contribution >= 4 is 5.91 Å². The number of nitrogens with zero attached hydrogens (tertiary/aromatic N) is 3. The van der Waals surface area contributed by atoms with Gasteiger partial charge in [-0.2, -0.15) is 4.98 Å². The molecule has 9 heteroatoms. The zero-order valence-corrected chi connectivity index (χ0v) is 15.0. The van der Waals surface area contributed by atoms with E-state index in [2.05, 4.69) is 25.4 Å². The van der Waals surface area contributed by atoms with Gasteiger partial charge >= 0.3 is 0 Å². The summed E-state index contributed by atoms with van der Waals surface area (Å²) in [5.74, 6) is 1.60. The average molecular weight is 369 g/mol. The Labute approximate surface area is 155 Å². The van der Waals surface area contributed by atoms with Crippen LogP contribution in [0, 0.1) is 0 Å². The lowest BCUT2D eigenvalue weighted by molar-refractivity contribution is 0.0950. The van der Waals surface area contributed by atoms with Gasteiger partial charge in [0.1, 0.15) is 18.1 Å². The van der Waals surface area contributed by atoms with Crippen LogP contribution in [-0.4, -0.2) is 46.8 Å². The number of aromatic nitrogens is 4. The van der Waals surface area contributed by atoms with Crippen molar-refractivity contribution < 1.29 is 18.8 Å². The zero-order chi connectivity index (χ0) is 18.8. The first-order chi connectivity index (χ1) is 13.2. The smallest absolute Gasteiger partial charge is 0.293 e. The molecule has 0 saturated carbocycles. The molecule has 0 bridgehead atoms. The van der Waals surface area contributed by atoms with E-state index >= 15 is 0 Å². The summed E-state index contributed by atoms with van der Waals surface area (Å²) in [6, 6.07) is 7.80. The van der Waals surface area contributed by atoms with Crippen LogP contribution in [0.15, 0.2) is 28.8 Å². The van der Waals surface area contributed by atoms with Crippen molar-refractivity contribution in [2.24, 2.45) is 0 Å². The number of carbonyl (C=O) groups is 1. The highest BCUT2D eigenvalue weighted by Crippen LogP contribution is 2.31. The topological polar surface area (TPSA) is 115 Å². The van der Waals surface area contributed by atoms with Gasteiger partial charge in [0.15, 0.2) is 11.6 Å². The largest absolute Gasteiger partial charge is 0.496 e. The third-order valence-electron chi connectivity index (χ3n) is 4.48. The normalized spacial score (nSPS) is 16.5. The van der Waals surface area contributed by atoms with Crippen molar-refractivity contribution in [2.45, 2.75) is 18.9 Å². The maximum absolute atomic E-state index is 12.5. The van der Waals surface area contributed by atoms with Crippen molar-refractivity contribution in [3.8, 4) is 17.5 Å². The number of amides is 1. The summed E-state index contributed by atoms with van der Waals surface area (Å²) in [5, 5.41) is 6.75. The number of rotatable bonds is 5. The number of aromatic amines is 1. The third kappa shape index (κ3) is 3.28. The van der Waals surface area contributed by atoms with Gasteiger partial charge < -0.3 is 24.3 Å². The number of para-hydroxylation sites is 1. The second kappa shape index (κ2) is 7.20. The molecule has 140 valence electrons. The second-order valence-electron chi connectivity index (χ2n) is 6.21. The minimum atomic E-state index is -0.235. The number of carbonyl (C=O) groups excluding carboxylic acids is 1. The summed E-state index contributed by atoms with van der Waals surface area (Å²) in [5.41, 5.74) is 2.10. The predicted molar refractivity (Wildman–Crippen MR) is 94.4 cm³/mol. The van der Waals surface area contributed by atoms with Crippen LogP contribution in [0.25, 0.3) is 11.7 Å². The van der Waals surface area contributed by atoms with Gasteiger partial charge in [0.05, 0.1) is 7.11 Å². The summed E-state index contributed by atoms with van der Waals surface area (Å²) in [6.07, 6.45) is 0.598. The molecule has 27 heavy (non-hydrogen) atoms. The molecule has 0 aliphatic carbocycles. The number of imidazole rings is 1. The van der Waals surface area contributed by atoms with Gasteiger partial charge in [-0.05, 0) is 18.1 Å². The van der Waals surface area contributed by atoms with E-state index in [4.69, 9.17) is 14.0 Å². The van der Waals surface area contributed by atoms with Gasteiger partial charge in [-0.15, -0.1) is 0 Å². The number of H-pyrrole nitrogens is 1. The molecule has 3 heterocycles. The van der Waals surface area contributed by atoms with Gasteiger partial charge in [-0.25, -0.2) is 4.98 Å². The molecule has 0 spiro atoms. The van der Waals surface area contributed by atoms with E-state index in [0.717, 1.165) is 17.0 Å². The van der Waals surface area contributed by atoms with E-state index in [-0.39, 0.29) is 24.3 Å². The van der Waals surface area contributed by atoms with Crippen LogP contribution >= 0.6 is 0 Å². The van der Waals surface area contributed by atoms with Crippen molar-refractivity contribution in [2.75, 3.05) is 20.8 Å². The summed E-state index contributed by atoms with van der Waals surface area (Å²) in [4.78, 5) is 24.2. The molecular formula is C18H19N5O4. The maximum atomic E-state index is 12.5. The Morgan fingerprint density at radius 3 is 2.93 bits per heavy atom. The molecule has 2 aromatic heterocycles. The maximum Gasteiger partial charge on any atom is 0.293 e. The number of hydrogen-bond acceptors (Lipinski definition) is 7. The molecule has 1 amide bonds. The number of benzene rings is 1. The van der Waals surface area contributed by atoms with Crippen LogP contribution in [0.4, 0.5) is 0 Å². The Hall–Kier alpha value is -3.20. The molecule has 0 fully saturated rings. The molecule has 2 N–H and O–H groups in total. The Balaban J connectivity index is 1.66. The Kier molecular flexibility index (Phi) is 4.59. The molecule has 3 aromatic rings. The zero-order valence-electron chi connectivity index (χ0n) is 15.0. The lowest BCUT2D eigenvalue weighted by Crippen LogP contribution is -2.26. The fraction of sp³-hybridized carbons (Fsp3) is 0.333. The summed E-state index contributed by atoms with van der Waals surface area (Å²) in [6.45, 7) is 0.734. The van der Waals surface area contributed by atoms with E-state index in [9.17, 15) is 4.79 Å². The van der Waals surface area contributed by atoms with Crippen molar-refractivity contribution in [1.82, 2.24) is 25.4 Å². The fourth-order valence-corrected chi connectivity index (χ4v) is 3.23. The van der Waals surface area contributed by atoms with Gasteiger partial charge in [-0.1, -0.05) is 23.4 Å². The predicted octanol–water partition coefficient (Wildman–Crippen LogP) is 1.68. The Morgan fingerprint density at radius 1 is 1.26 bits per heavy atom. The van der Waals surface area contributed by atoms with E-state index < -0.39 is 0 Å². The number of ether oxygens (including phenoxy) is 2. The first-order valence-corrected chi connectivity index (χ1v) is 8.51. The Bertz CT molecular complexity index is 964. The molecule has 1 unspecified atom stereocenters. The number of hydrogen-bond donors (Lipinski definition) is 2. The van der Waals surface area contributed by atoms with Crippen LogP contribution in [0.2, 0.25) is 0 Å². The van der Waals surface area contributed by atoms with Gasteiger partial charge in [-0.3, -0.25) is 4.79 Å². The number of nitrogens with one attached hydrogen (secondary N) is 2. The molecule has 0 saturated heterocycles. The summed E-state index contributed by atoms with van der Waals surface area (Å²) >= 11 is 0. The van der Waals surface area contributed by atoms with Crippen LogP contribution in [0.1, 0.15) is 33.5 Å². The van der Waals surface area contributed by atoms with Crippen molar-refractivity contribution in [3.63, 3.8) is 0 Å². The van der Waals surface area contributed by atoms with Crippen molar-refractivity contribution in [3.05, 3.63) is 47.0 Å². The van der Waals surface area contributed by atoms with Gasteiger partial charge in [0.2, 0.25) is 0 Å². The molecule has 1 atom stereocenters. The third-order valence-corrected chi connectivity index (χ3v) is 4.48. The lowest BCUT2D eigenvalue weighted by atomic mass is 9.93. The Morgan fingerprint density at radius 2 is 2.11 bits per heavy atom. The fourth-order valence-electron chi connectivity index (χ4n) is 3.23. The van der Waals surface area contributed by atoms with Crippen LogP contribution < -0.4 is 10.1 Å². The van der Waals surface area contributed by atoms with E-state index in [1.807, 2.05) is 24.3 Å². The quantitative estimate of drug-likeness (QED) is 0.703. The van der Waals surface area contributed by atoms with Crippen molar-refractivity contribution in [1.29, 1.82) is 0 Å².